The van der Waals surface area contributed by atoms with Gasteiger partial charge in [0.15, 0.2) is 0 Å². The highest BCUT2D eigenvalue weighted by Crippen LogP contribution is 2.49. The minimum absolute atomic E-state index is 0.129. The quantitative estimate of drug-likeness (QED) is 0.724. The maximum atomic E-state index is 10.9. The summed E-state index contributed by atoms with van der Waals surface area (Å²) in [7, 11) is 0. The van der Waals surface area contributed by atoms with Crippen LogP contribution in [-0.4, -0.2) is 24.9 Å². The average Bonchev–Trinajstić information content (AvgIpc) is 3.23. The molecule has 5 rings (SSSR count). The van der Waals surface area contributed by atoms with E-state index in [0.29, 0.717) is 0 Å². The predicted octanol–water partition coefficient (Wildman–Crippen LogP) is 2.47. The molecular weight excluding hydrogens is 276 g/mol. The molecule has 110 valence electrons. The van der Waals surface area contributed by atoms with Crippen molar-refractivity contribution in [2.24, 2.45) is 5.92 Å². The second-order valence-corrected chi connectivity index (χ2v) is 6.17. The van der Waals surface area contributed by atoms with Crippen molar-refractivity contribution in [1.82, 2.24) is 19.7 Å². The first kappa shape index (κ1) is 12.2. The number of aryl methyl sites for hydroxylation is 1. The Balaban J connectivity index is 1.65. The Morgan fingerprint density at radius 1 is 1.23 bits per heavy atom. The van der Waals surface area contributed by atoms with Crippen LogP contribution in [0.5, 0.6) is 0 Å². The van der Waals surface area contributed by atoms with E-state index in [1.54, 1.807) is 0 Å². The Morgan fingerprint density at radius 2 is 2.14 bits per heavy atom. The van der Waals surface area contributed by atoms with Crippen LogP contribution in [0.25, 0.3) is 11.3 Å². The molecule has 0 radical (unpaired) electrons. The van der Waals surface area contributed by atoms with Crippen LogP contribution in [0.1, 0.15) is 35.4 Å². The van der Waals surface area contributed by atoms with Gasteiger partial charge in [0.05, 0.1) is 36.2 Å². The van der Waals surface area contributed by atoms with E-state index in [1.807, 2.05) is 18.7 Å². The van der Waals surface area contributed by atoms with Gasteiger partial charge in [0, 0.05) is 11.5 Å². The second kappa shape index (κ2) is 4.30. The monoisotopic (exact) mass is 292 g/mol. The maximum Gasteiger partial charge on any atom is 0.101 e. The number of imidazole rings is 1. The zero-order valence-electron chi connectivity index (χ0n) is 12.0. The molecule has 2 N–H and O–H groups in total. The third kappa shape index (κ3) is 1.46. The van der Waals surface area contributed by atoms with Gasteiger partial charge in [-0.15, -0.1) is 0 Å². The van der Waals surface area contributed by atoms with Crippen molar-refractivity contribution in [2.45, 2.75) is 25.0 Å². The highest BCUT2D eigenvalue weighted by molar-refractivity contribution is 5.69. The maximum absolute atomic E-state index is 10.9. The van der Waals surface area contributed by atoms with Gasteiger partial charge in [-0.3, -0.25) is 5.10 Å². The topological polar surface area (TPSA) is 66.7 Å². The van der Waals surface area contributed by atoms with E-state index < -0.39 is 6.10 Å². The minimum Gasteiger partial charge on any atom is -0.386 e. The van der Waals surface area contributed by atoms with E-state index in [4.69, 9.17) is 0 Å². The number of aromatic nitrogens is 4. The van der Waals surface area contributed by atoms with Crippen LogP contribution in [0.3, 0.4) is 0 Å². The number of fused-ring (bicyclic) bond motifs is 4. The largest absolute Gasteiger partial charge is 0.386 e. The predicted molar refractivity (Wildman–Crippen MR) is 81.2 cm³/mol. The molecule has 1 aliphatic carbocycles. The number of nitrogens with one attached hydrogen (secondary N) is 1. The third-order valence-corrected chi connectivity index (χ3v) is 5.13. The van der Waals surface area contributed by atoms with Gasteiger partial charge in [-0.1, -0.05) is 24.3 Å². The molecule has 3 atom stereocenters. The summed E-state index contributed by atoms with van der Waals surface area (Å²) in [5.74, 6) is 0.129. The first-order chi connectivity index (χ1) is 10.8. The normalized spacial score (nSPS) is 25.6. The summed E-state index contributed by atoms with van der Waals surface area (Å²) in [6.07, 6.45) is 7.02. The van der Waals surface area contributed by atoms with Crippen LogP contribution in [0.2, 0.25) is 0 Å². The van der Waals surface area contributed by atoms with Gasteiger partial charge in [0.25, 0.3) is 0 Å². The first-order valence-electron chi connectivity index (χ1n) is 7.66. The lowest BCUT2D eigenvalue weighted by atomic mass is 9.78. The Bertz CT molecular complexity index is 850. The number of hydrogen-bond donors (Lipinski definition) is 2. The molecule has 0 saturated heterocycles. The minimum atomic E-state index is -0.516. The summed E-state index contributed by atoms with van der Waals surface area (Å²) < 4.78 is 2.21. The van der Waals surface area contributed by atoms with Gasteiger partial charge in [-0.05, 0) is 24.0 Å². The van der Waals surface area contributed by atoms with Crippen LogP contribution in [0, 0.1) is 5.92 Å². The number of H-pyrrole nitrogens is 1. The fourth-order valence-corrected chi connectivity index (χ4v) is 4.11. The van der Waals surface area contributed by atoms with Crippen LogP contribution in [0.4, 0.5) is 0 Å². The number of nitrogens with zero attached hydrogens (tertiary/aromatic N) is 3. The van der Waals surface area contributed by atoms with E-state index in [-0.39, 0.29) is 12.0 Å². The molecule has 2 unspecified atom stereocenters. The molecule has 1 aliphatic heterocycles. The molecule has 2 aliphatic rings. The summed E-state index contributed by atoms with van der Waals surface area (Å²) in [4.78, 5) is 4.31. The Morgan fingerprint density at radius 3 is 3.09 bits per heavy atom. The highest BCUT2D eigenvalue weighted by atomic mass is 16.3. The Hall–Kier alpha value is -2.40. The second-order valence-electron chi connectivity index (χ2n) is 6.17. The number of aliphatic hydroxyl groups is 1. The molecule has 0 saturated carbocycles. The van der Waals surface area contributed by atoms with E-state index >= 15 is 0 Å². The fraction of sp³-hybridized carbons (Fsp3) is 0.294. The van der Waals surface area contributed by atoms with Crippen molar-refractivity contribution in [3.8, 4) is 11.3 Å². The van der Waals surface area contributed by atoms with Gasteiger partial charge >= 0.3 is 0 Å². The molecule has 0 amide bonds. The van der Waals surface area contributed by atoms with Crippen molar-refractivity contribution in [2.75, 3.05) is 0 Å². The van der Waals surface area contributed by atoms with Crippen LogP contribution < -0.4 is 0 Å². The van der Waals surface area contributed by atoms with E-state index in [2.05, 4.69) is 44.0 Å². The standard InChI is InChI=1S/C17H16N4O/c22-17-13(6-5-10-7-19-20-15(10)17)16-12-4-2-1-3-11(12)14-8-18-9-21(14)16/h1-4,7-9,13,16-17,22H,5-6H2,(H,19,20)/t13?,16-,17?/m0/s1. The molecular formula is C17H16N4O. The molecule has 3 heterocycles. The molecule has 22 heavy (non-hydrogen) atoms. The number of benzene rings is 1. The Kier molecular flexibility index (Phi) is 2.38. The Labute approximate surface area is 127 Å². The van der Waals surface area contributed by atoms with Gasteiger partial charge in [0.2, 0.25) is 0 Å². The SMILES string of the molecule is OC1c2[nH]ncc2CCC1[C@@H]1c2ccccc2-c2cncn21. The number of aliphatic hydroxyl groups excluding tert-OH is 1. The van der Waals surface area contributed by atoms with Crippen molar-refractivity contribution in [3.05, 3.63) is 59.8 Å². The van der Waals surface area contributed by atoms with Gasteiger partial charge in [0.1, 0.15) is 6.10 Å². The number of aromatic amines is 1. The smallest absolute Gasteiger partial charge is 0.101 e. The first-order valence-corrected chi connectivity index (χ1v) is 7.66. The van der Waals surface area contributed by atoms with E-state index in [1.165, 1.54) is 11.1 Å². The molecule has 0 fully saturated rings. The summed E-state index contributed by atoms with van der Waals surface area (Å²) in [5, 5.41) is 17.9. The highest BCUT2D eigenvalue weighted by Gasteiger charge is 2.41. The van der Waals surface area contributed by atoms with Gasteiger partial charge < -0.3 is 9.67 Å². The lowest BCUT2D eigenvalue weighted by molar-refractivity contribution is 0.0684. The third-order valence-electron chi connectivity index (χ3n) is 5.13. The zero-order valence-corrected chi connectivity index (χ0v) is 12.0. The lowest BCUT2D eigenvalue weighted by Gasteiger charge is -2.33. The van der Waals surface area contributed by atoms with Crippen LogP contribution in [0.15, 0.2) is 43.0 Å². The molecule has 2 aromatic heterocycles. The number of rotatable bonds is 1. The van der Waals surface area contributed by atoms with Crippen molar-refractivity contribution >= 4 is 0 Å². The van der Waals surface area contributed by atoms with Crippen molar-refractivity contribution < 1.29 is 5.11 Å². The molecule has 3 aromatic rings. The number of hydrogen-bond acceptors (Lipinski definition) is 3. The average molecular weight is 292 g/mol. The summed E-state index contributed by atoms with van der Waals surface area (Å²) in [5.41, 5.74) is 5.67. The summed E-state index contributed by atoms with van der Waals surface area (Å²) >= 11 is 0. The summed E-state index contributed by atoms with van der Waals surface area (Å²) in [6.45, 7) is 0. The summed E-state index contributed by atoms with van der Waals surface area (Å²) in [6, 6.07) is 8.58. The van der Waals surface area contributed by atoms with Gasteiger partial charge in [-0.25, -0.2) is 4.98 Å². The molecule has 0 bridgehead atoms. The van der Waals surface area contributed by atoms with Crippen molar-refractivity contribution in [3.63, 3.8) is 0 Å². The molecule has 0 spiro atoms. The molecule has 5 nitrogen and oxygen atoms in total. The zero-order chi connectivity index (χ0) is 14.7. The van der Waals surface area contributed by atoms with E-state index in [9.17, 15) is 5.11 Å². The fourth-order valence-electron chi connectivity index (χ4n) is 4.11. The van der Waals surface area contributed by atoms with E-state index in [0.717, 1.165) is 29.8 Å². The van der Waals surface area contributed by atoms with Crippen molar-refractivity contribution in [1.29, 1.82) is 0 Å². The van der Waals surface area contributed by atoms with Gasteiger partial charge in [-0.2, -0.15) is 5.10 Å². The van der Waals surface area contributed by atoms with Crippen LogP contribution >= 0.6 is 0 Å². The lowest BCUT2D eigenvalue weighted by Crippen LogP contribution is -2.28. The molecule has 5 heteroatoms. The molecule has 1 aromatic carbocycles. The van der Waals surface area contributed by atoms with Crippen LogP contribution in [-0.2, 0) is 6.42 Å².